The Bertz CT molecular complexity index is 909. The van der Waals surface area contributed by atoms with Crippen LogP contribution >= 0.6 is 11.3 Å². The van der Waals surface area contributed by atoms with Gasteiger partial charge in [-0.1, -0.05) is 84.4 Å². The summed E-state index contributed by atoms with van der Waals surface area (Å²) in [5.74, 6) is 2.30. The molecule has 0 N–H and O–H groups in total. The molecule has 0 saturated carbocycles. The molecule has 2 aromatic rings. The van der Waals surface area contributed by atoms with Gasteiger partial charge in [0.25, 0.3) is 0 Å². The molecule has 206 valence electrons. The highest BCUT2D eigenvalue weighted by molar-refractivity contribution is 7.09. The molecule has 37 heavy (non-hydrogen) atoms. The summed E-state index contributed by atoms with van der Waals surface area (Å²) < 4.78 is 5.93. The Hall–Kier alpha value is -1.65. The van der Waals surface area contributed by atoms with Crippen molar-refractivity contribution in [1.29, 1.82) is 0 Å². The molecular formula is C33H51NO2S. The molecule has 1 aliphatic rings. The van der Waals surface area contributed by atoms with Crippen LogP contribution < -0.4 is 4.74 Å². The fourth-order valence-corrected chi connectivity index (χ4v) is 6.73. The minimum absolute atomic E-state index is 0.0660. The minimum atomic E-state index is -0.0660. The normalized spacial score (nSPS) is 16.9. The topological polar surface area (TPSA) is 29.5 Å². The second kappa shape index (κ2) is 16.3. The number of rotatable bonds is 17. The summed E-state index contributed by atoms with van der Waals surface area (Å²) in [5, 5.41) is 2.18. The number of benzene rings is 1. The monoisotopic (exact) mass is 525 g/mol. The van der Waals surface area contributed by atoms with Crippen LogP contribution in [-0.4, -0.2) is 30.0 Å². The molecule has 0 spiro atoms. The van der Waals surface area contributed by atoms with Crippen LogP contribution in [0.15, 0.2) is 35.7 Å². The third-order valence-corrected chi connectivity index (χ3v) is 9.25. The number of esters is 1. The van der Waals surface area contributed by atoms with E-state index in [0.29, 0.717) is 18.4 Å². The highest BCUT2D eigenvalue weighted by atomic mass is 32.1. The Labute approximate surface area is 231 Å². The number of hydrogen-bond donors (Lipinski definition) is 0. The zero-order valence-corrected chi connectivity index (χ0v) is 24.8. The molecule has 1 heterocycles. The molecule has 3 rings (SSSR count). The van der Waals surface area contributed by atoms with E-state index in [-0.39, 0.29) is 5.97 Å². The van der Waals surface area contributed by atoms with Crippen molar-refractivity contribution in [3.05, 3.63) is 51.7 Å². The van der Waals surface area contributed by atoms with Gasteiger partial charge >= 0.3 is 5.97 Å². The fraction of sp³-hybridized carbons (Fsp3) is 0.667. The summed E-state index contributed by atoms with van der Waals surface area (Å²) in [5.41, 5.74) is 2.63. The van der Waals surface area contributed by atoms with E-state index in [2.05, 4.69) is 62.2 Å². The Kier molecular flexibility index (Phi) is 13.2. The average Bonchev–Trinajstić information content (AvgIpc) is 3.42. The van der Waals surface area contributed by atoms with Crippen molar-refractivity contribution in [3.63, 3.8) is 0 Å². The highest BCUT2D eigenvalue weighted by Crippen LogP contribution is 2.32. The van der Waals surface area contributed by atoms with E-state index in [1.54, 1.807) is 0 Å². The number of ether oxygens (including phenoxy) is 1. The van der Waals surface area contributed by atoms with E-state index in [0.717, 1.165) is 63.3 Å². The molecule has 0 aliphatic heterocycles. The number of nitrogens with zero attached hydrogens (tertiary/aromatic N) is 1. The van der Waals surface area contributed by atoms with Gasteiger partial charge in [0.1, 0.15) is 5.75 Å². The van der Waals surface area contributed by atoms with Crippen molar-refractivity contribution in [3.8, 4) is 5.75 Å². The lowest BCUT2D eigenvalue weighted by Gasteiger charge is -2.35. The van der Waals surface area contributed by atoms with Crippen LogP contribution in [0, 0.1) is 11.8 Å². The van der Waals surface area contributed by atoms with Gasteiger partial charge in [0, 0.05) is 23.9 Å². The van der Waals surface area contributed by atoms with Crippen LogP contribution in [0.3, 0.4) is 0 Å². The smallest absolute Gasteiger partial charge is 0.311 e. The van der Waals surface area contributed by atoms with Gasteiger partial charge in [0.05, 0.1) is 0 Å². The van der Waals surface area contributed by atoms with Crippen molar-refractivity contribution >= 4 is 17.3 Å². The number of carbonyl (C=O) groups excluding carboxylic acids is 1. The van der Waals surface area contributed by atoms with Crippen LogP contribution in [0.5, 0.6) is 5.75 Å². The number of hydrogen-bond acceptors (Lipinski definition) is 4. The summed E-state index contributed by atoms with van der Waals surface area (Å²) in [4.78, 5) is 16.9. The van der Waals surface area contributed by atoms with E-state index >= 15 is 0 Å². The maximum Gasteiger partial charge on any atom is 0.311 e. The lowest BCUT2D eigenvalue weighted by Crippen LogP contribution is -2.41. The predicted octanol–water partition coefficient (Wildman–Crippen LogP) is 8.88. The SMILES string of the molecule is CCCC(CC)CCC(C)CCCC(=O)Oc1cccc2c1CCC(N(CCC)CCc1cccs1)C2. The summed E-state index contributed by atoms with van der Waals surface area (Å²) in [7, 11) is 0. The van der Waals surface area contributed by atoms with E-state index in [1.165, 1.54) is 54.5 Å². The van der Waals surface area contributed by atoms with E-state index in [9.17, 15) is 4.79 Å². The highest BCUT2D eigenvalue weighted by Gasteiger charge is 2.26. The third kappa shape index (κ3) is 9.87. The maximum atomic E-state index is 12.7. The van der Waals surface area contributed by atoms with Gasteiger partial charge in [-0.25, -0.2) is 0 Å². The van der Waals surface area contributed by atoms with E-state index in [1.807, 2.05) is 17.4 Å². The molecule has 3 unspecified atom stereocenters. The van der Waals surface area contributed by atoms with Gasteiger partial charge in [-0.15, -0.1) is 11.3 Å². The fourth-order valence-electron chi connectivity index (χ4n) is 6.03. The molecule has 0 saturated heterocycles. The molecule has 3 nitrogen and oxygen atoms in total. The molecule has 4 heteroatoms. The molecule has 0 fully saturated rings. The van der Waals surface area contributed by atoms with Crippen molar-refractivity contribution in [1.82, 2.24) is 4.90 Å². The van der Waals surface area contributed by atoms with Crippen molar-refractivity contribution in [2.24, 2.45) is 11.8 Å². The first-order valence-corrected chi connectivity index (χ1v) is 16.0. The van der Waals surface area contributed by atoms with Crippen LogP contribution in [0.1, 0.15) is 108 Å². The van der Waals surface area contributed by atoms with Crippen LogP contribution in [0.4, 0.5) is 0 Å². The van der Waals surface area contributed by atoms with E-state index in [4.69, 9.17) is 4.74 Å². The van der Waals surface area contributed by atoms with Crippen LogP contribution in [-0.2, 0) is 24.1 Å². The summed E-state index contributed by atoms with van der Waals surface area (Å²) >= 11 is 1.86. The summed E-state index contributed by atoms with van der Waals surface area (Å²) in [6, 6.07) is 11.3. The molecular weight excluding hydrogens is 474 g/mol. The van der Waals surface area contributed by atoms with Gasteiger partial charge in [-0.3, -0.25) is 9.69 Å². The van der Waals surface area contributed by atoms with Crippen molar-refractivity contribution in [2.45, 2.75) is 117 Å². The van der Waals surface area contributed by atoms with Gasteiger partial charge in [0.15, 0.2) is 0 Å². The number of thiophene rings is 1. The standard InChI is InChI=1S/C33H51NO2S/c1-5-11-27(7-3)18-17-26(4)12-8-16-33(35)36-32-15-9-13-28-25-29(19-20-31(28)32)34(22-6-2)23-21-30-14-10-24-37-30/h9-10,13-15,24,26-27,29H,5-8,11-12,16-23,25H2,1-4H3. The largest absolute Gasteiger partial charge is 0.426 e. The first kappa shape index (κ1) is 29.9. The van der Waals surface area contributed by atoms with Gasteiger partial charge < -0.3 is 4.74 Å². The zero-order chi connectivity index (χ0) is 26.5. The lowest BCUT2D eigenvalue weighted by atomic mass is 9.86. The second-order valence-corrected chi connectivity index (χ2v) is 12.3. The first-order valence-electron chi connectivity index (χ1n) is 15.1. The quantitative estimate of drug-likeness (QED) is 0.153. The zero-order valence-electron chi connectivity index (χ0n) is 24.0. The Morgan fingerprint density at radius 1 is 1.05 bits per heavy atom. The third-order valence-electron chi connectivity index (χ3n) is 8.31. The molecule has 1 aromatic heterocycles. The number of carbonyl (C=O) groups is 1. The average molecular weight is 526 g/mol. The Balaban J connectivity index is 1.46. The molecule has 0 radical (unpaired) electrons. The molecule has 3 atom stereocenters. The molecule has 0 bridgehead atoms. The van der Waals surface area contributed by atoms with Crippen molar-refractivity contribution in [2.75, 3.05) is 13.1 Å². The molecule has 1 aromatic carbocycles. The summed E-state index contributed by atoms with van der Waals surface area (Å²) in [6.07, 6.45) is 14.6. The molecule has 0 amide bonds. The molecule has 1 aliphatic carbocycles. The first-order chi connectivity index (χ1) is 18.0. The summed E-state index contributed by atoms with van der Waals surface area (Å²) in [6.45, 7) is 11.5. The van der Waals surface area contributed by atoms with Gasteiger partial charge in [-0.2, -0.15) is 0 Å². The van der Waals surface area contributed by atoms with Crippen molar-refractivity contribution < 1.29 is 9.53 Å². The minimum Gasteiger partial charge on any atom is -0.426 e. The van der Waals surface area contributed by atoms with E-state index < -0.39 is 0 Å². The Morgan fingerprint density at radius 2 is 1.92 bits per heavy atom. The van der Waals surface area contributed by atoms with Crippen LogP contribution in [0.25, 0.3) is 0 Å². The predicted molar refractivity (Wildman–Crippen MR) is 159 cm³/mol. The van der Waals surface area contributed by atoms with Gasteiger partial charge in [0.2, 0.25) is 0 Å². The Morgan fingerprint density at radius 3 is 2.65 bits per heavy atom. The maximum absolute atomic E-state index is 12.7. The number of fused-ring (bicyclic) bond motifs is 1. The van der Waals surface area contributed by atoms with Gasteiger partial charge in [-0.05, 0) is 85.5 Å². The second-order valence-electron chi connectivity index (χ2n) is 11.3. The van der Waals surface area contributed by atoms with Crippen LogP contribution in [0.2, 0.25) is 0 Å². The lowest BCUT2D eigenvalue weighted by molar-refractivity contribution is -0.134.